The molecule has 8 rings (SSSR count). The number of benzene rings is 6. The summed E-state index contributed by atoms with van der Waals surface area (Å²) < 4.78 is 20.6. The van der Waals surface area contributed by atoms with Gasteiger partial charge in [0.05, 0.1) is 8.26 Å². The first-order valence-electron chi connectivity index (χ1n) is 17.3. The summed E-state index contributed by atoms with van der Waals surface area (Å²) >= 11 is 0. The minimum absolute atomic E-state index is 0.208. The Morgan fingerprint density at radius 3 is 1.74 bits per heavy atom. The predicted octanol–water partition coefficient (Wildman–Crippen LogP) is 12.2. The normalized spacial score (nSPS) is 14.2. The third-order valence-electron chi connectivity index (χ3n) is 9.84. The molecular weight excluding hydrogens is 569 g/mol. The van der Waals surface area contributed by atoms with E-state index in [1.165, 1.54) is 50.1 Å². The molecule has 1 aliphatic rings. The van der Waals surface area contributed by atoms with Gasteiger partial charge in [-0.05, 0) is 113 Å². The number of anilines is 3. The number of para-hydroxylation sites is 3. The van der Waals surface area contributed by atoms with Gasteiger partial charge in [-0.3, -0.25) is 0 Å². The topological polar surface area (TPSA) is 8.17 Å². The highest BCUT2D eigenvalue weighted by Gasteiger charge is 2.36. The largest absolute Gasteiger partial charge is 0.314 e. The second-order valence-corrected chi connectivity index (χ2v) is 13.0. The van der Waals surface area contributed by atoms with Crippen molar-refractivity contribution in [1.82, 2.24) is 4.57 Å². The first kappa shape index (κ1) is 26.6. The summed E-state index contributed by atoms with van der Waals surface area (Å²) in [4.78, 5) is 2.20. The molecule has 0 saturated carbocycles. The summed E-state index contributed by atoms with van der Waals surface area (Å²) in [7, 11) is 0. The molecule has 0 spiro atoms. The lowest BCUT2D eigenvalue weighted by atomic mass is 9.81. The average Bonchev–Trinajstić information content (AvgIpc) is 3.52. The molecule has 0 saturated heterocycles. The molecule has 0 bridgehead atoms. The number of hydrogen-bond acceptors (Lipinski definition) is 1. The summed E-state index contributed by atoms with van der Waals surface area (Å²) in [6.45, 7) is 8.98. The molecule has 228 valence electrons. The molecule has 1 aliphatic carbocycles. The molecule has 0 unspecified atom stereocenters. The zero-order valence-electron chi connectivity index (χ0n) is 29.3. The van der Waals surface area contributed by atoms with E-state index in [-0.39, 0.29) is 17.5 Å². The van der Waals surface area contributed by atoms with Crippen LogP contribution in [0.25, 0.3) is 39.8 Å². The molecule has 2 nitrogen and oxygen atoms in total. The van der Waals surface area contributed by atoms with Crippen LogP contribution < -0.4 is 4.90 Å². The van der Waals surface area contributed by atoms with Crippen LogP contribution in [0.1, 0.15) is 50.1 Å². The number of nitrogens with zero attached hydrogens (tertiary/aromatic N) is 2. The van der Waals surface area contributed by atoms with Crippen molar-refractivity contribution in [2.24, 2.45) is 0 Å². The van der Waals surface area contributed by atoms with E-state index in [0.29, 0.717) is 5.56 Å². The monoisotopic (exact) mass is 608 g/mol. The smallest absolute Gasteiger partial charge is 0.0629 e. The maximum Gasteiger partial charge on any atom is 0.0629 e. The summed E-state index contributed by atoms with van der Waals surface area (Å²) in [5.74, 6) is 0. The van der Waals surface area contributed by atoms with Gasteiger partial charge in [0.1, 0.15) is 0 Å². The zero-order valence-corrected chi connectivity index (χ0v) is 27.3. The van der Waals surface area contributed by atoms with Gasteiger partial charge in [0.15, 0.2) is 0 Å². The second-order valence-electron chi connectivity index (χ2n) is 13.0. The second kappa shape index (κ2) is 11.3. The average molecular weight is 609 g/mol. The van der Waals surface area contributed by atoms with Gasteiger partial charge in [-0.1, -0.05) is 111 Å². The molecule has 7 aromatic rings. The van der Waals surface area contributed by atoms with Gasteiger partial charge in [-0.15, -0.1) is 0 Å². The van der Waals surface area contributed by atoms with Crippen LogP contribution in [0, 0.1) is 13.8 Å². The molecule has 6 aromatic carbocycles. The fourth-order valence-corrected chi connectivity index (χ4v) is 7.23. The highest BCUT2D eigenvalue weighted by Crippen LogP contribution is 2.51. The lowest BCUT2D eigenvalue weighted by Crippen LogP contribution is -2.15. The van der Waals surface area contributed by atoms with Crippen LogP contribution >= 0.6 is 0 Å². The summed E-state index contributed by atoms with van der Waals surface area (Å²) in [5.41, 5.74) is 14.2. The number of fused-ring (bicyclic) bond motifs is 4. The molecular formula is C45H38N2. The van der Waals surface area contributed by atoms with E-state index in [4.69, 9.17) is 2.74 Å². The predicted molar refractivity (Wildman–Crippen MR) is 200 cm³/mol. The van der Waals surface area contributed by atoms with Gasteiger partial charge in [0, 0.05) is 39.2 Å². The Bertz CT molecular complexity index is 2330. The Balaban J connectivity index is 1.16. The molecule has 1 aromatic heterocycles. The lowest BCUT2D eigenvalue weighted by Gasteiger charge is -2.25. The quantitative estimate of drug-likeness (QED) is 0.171. The SMILES string of the molecule is [2H]/C(=C(/[2H])c1ccc2c(c1)C(C)(C)c1cc3c(cc1-2)c(C)c(C)n3-c1ccccc1)c1ccc(N(c2ccccc2)c2ccccc2)cc1. The molecule has 0 radical (unpaired) electrons. The van der Waals surface area contributed by atoms with Crippen LogP contribution in [0.2, 0.25) is 0 Å². The Morgan fingerprint density at radius 2 is 1.11 bits per heavy atom. The van der Waals surface area contributed by atoms with Crippen molar-refractivity contribution in [1.29, 1.82) is 0 Å². The molecule has 0 amide bonds. The van der Waals surface area contributed by atoms with Crippen molar-refractivity contribution in [3.8, 4) is 16.8 Å². The van der Waals surface area contributed by atoms with Gasteiger partial charge in [0.2, 0.25) is 0 Å². The highest BCUT2D eigenvalue weighted by atomic mass is 15.1. The summed E-state index contributed by atoms with van der Waals surface area (Å²) in [6, 6.07) is 50.6. The molecule has 0 N–H and O–H groups in total. The van der Waals surface area contributed by atoms with E-state index in [9.17, 15) is 0 Å². The molecule has 0 aliphatic heterocycles. The van der Waals surface area contributed by atoms with Gasteiger partial charge in [-0.2, -0.15) is 0 Å². The molecule has 0 atom stereocenters. The van der Waals surface area contributed by atoms with Crippen molar-refractivity contribution in [3.63, 3.8) is 0 Å². The van der Waals surface area contributed by atoms with E-state index in [1.807, 2.05) is 66.7 Å². The van der Waals surface area contributed by atoms with E-state index in [1.54, 1.807) is 0 Å². The zero-order chi connectivity index (χ0) is 33.9. The molecule has 0 fully saturated rings. The minimum atomic E-state index is -0.259. The Morgan fingerprint density at radius 1 is 0.574 bits per heavy atom. The lowest BCUT2D eigenvalue weighted by molar-refractivity contribution is 0.660. The van der Waals surface area contributed by atoms with E-state index in [0.717, 1.165) is 22.6 Å². The number of hydrogen-bond donors (Lipinski definition) is 0. The van der Waals surface area contributed by atoms with Gasteiger partial charge < -0.3 is 9.47 Å². The third kappa shape index (κ3) is 4.89. The van der Waals surface area contributed by atoms with Gasteiger partial charge in [0.25, 0.3) is 0 Å². The summed E-state index contributed by atoms with van der Waals surface area (Å²) in [6.07, 6.45) is 0. The fraction of sp³-hybridized carbons (Fsp3) is 0.111. The Kier molecular flexibility index (Phi) is 6.41. The standard InChI is InChI=1S/C45H38N2/c1-31-32(2)46(35-14-8-5-9-15-35)44-30-43-41(29-40(31)44)39-27-24-34(28-42(39)45(43,3)4)21-20-33-22-25-38(26-23-33)47(36-16-10-6-11-17-36)37-18-12-7-13-19-37/h5-30H,1-4H3/b21-20+/i20D,21D. The van der Waals surface area contributed by atoms with Crippen LogP contribution in [-0.2, 0) is 5.41 Å². The maximum absolute atomic E-state index is 9.16. The van der Waals surface area contributed by atoms with Crippen molar-refractivity contribution in [2.75, 3.05) is 4.90 Å². The number of rotatable bonds is 6. The maximum atomic E-state index is 9.16. The van der Waals surface area contributed by atoms with Crippen molar-refractivity contribution in [3.05, 3.63) is 179 Å². The Labute approximate surface area is 280 Å². The number of aryl methyl sites for hydroxylation is 1. The van der Waals surface area contributed by atoms with Crippen molar-refractivity contribution in [2.45, 2.75) is 33.1 Å². The van der Waals surface area contributed by atoms with Crippen LogP contribution in [-0.4, -0.2) is 4.57 Å². The van der Waals surface area contributed by atoms with Gasteiger partial charge >= 0.3 is 0 Å². The summed E-state index contributed by atoms with van der Waals surface area (Å²) in [5, 5.41) is 1.27. The Hall–Kier alpha value is -5.60. The van der Waals surface area contributed by atoms with Crippen LogP contribution in [0.3, 0.4) is 0 Å². The molecule has 1 heterocycles. The van der Waals surface area contributed by atoms with Crippen LogP contribution in [0.15, 0.2) is 146 Å². The fourth-order valence-electron chi connectivity index (χ4n) is 7.23. The third-order valence-corrected chi connectivity index (χ3v) is 9.84. The van der Waals surface area contributed by atoms with E-state index < -0.39 is 0 Å². The van der Waals surface area contributed by atoms with Gasteiger partial charge in [-0.25, -0.2) is 0 Å². The van der Waals surface area contributed by atoms with E-state index >= 15 is 0 Å². The first-order valence-corrected chi connectivity index (χ1v) is 16.3. The van der Waals surface area contributed by atoms with Crippen molar-refractivity contribution < 1.29 is 2.74 Å². The van der Waals surface area contributed by atoms with Crippen LogP contribution in [0.4, 0.5) is 17.1 Å². The minimum Gasteiger partial charge on any atom is -0.314 e. The highest BCUT2D eigenvalue weighted by molar-refractivity contribution is 5.96. The van der Waals surface area contributed by atoms with Crippen molar-refractivity contribution >= 4 is 40.1 Å². The number of aromatic nitrogens is 1. The van der Waals surface area contributed by atoms with Crippen LogP contribution in [0.5, 0.6) is 0 Å². The molecule has 2 heteroatoms. The first-order chi connectivity index (χ1) is 23.7. The molecule has 47 heavy (non-hydrogen) atoms. The van der Waals surface area contributed by atoms with E-state index in [2.05, 4.69) is 116 Å².